The quantitative estimate of drug-likeness (QED) is 0.767. The van der Waals surface area contributed by atoms with Gasteiger partial charge in [0.15, 0.2) is 0 Å². The molecule has 0 spiro atoms. The molecular formula is C17H16N2O4S3. The van der Waals surface area contributed by atoms with E-state index in [4.69, 9.17) is 5.14 Å². The maximum absolute atomic E-state index is 13.0. The summed E-state index contributed by atoms with van der Waals surface area (Å²) in [5, 5.41) is 7.07. The molecule has 0 aliphatic carbocycles. The number of sulfonamides is 1. The molecule has 1 aliphatic rings. The third-order valence-corrected chi connectivity index (χ3v) is 6.49. The van der Waals surface area contributed by atoms with Crippen LogP contribution in [0.5, 0.6) is 0 Å². The van der Waals surface area contributed by atoms with E-state index in [9.17, 15) is 18.0 Å². The zero-order valence-electron chi connectivity index (χ0n) is 14.0. The molecular weight excluding hydrogens is 392 g/mol. The number of rotatable bonds is 5. The average Bonchev–Trinajstić information content (AvgIpc) is 3.14. The molecule has 3 rings (SSSR count). The molecule has 1 aromatic heterocycles. The van der Waals surface area contributed by atoms with E-state index >= 15 is 0 Å². The van der Waals surface area contributed by atoms with Crippen LogP contribution >= 0.6 is 23.1 Å². The molecule has 2 N–H and O–H groups in total. The lowest BCUT2D eigenvalue weighted by Gasteiger charge is -2.15. The minimum absolute atomic E-state index is 0.0800. The minimum Gasteiger partial charge on any atom is -0.268 e. The fourth-order valence-corrected chi connectivity index (χ4v) is 4.84. The summed E-state index contributed by atoms with van der Waals surface area (Å²) in [4.78, 5) is 28.0. The first-order valence-corrected chi connectivity index (χ1v) is 11.0. The van der Waals surface area contributed by atoms with Crippen LogP contribution in [0.1, 0.15) is 18.7 Å². The van der Waals surface area contributed by atoms with Crippen molar-refractivity contribution in [3.63, 3.8) is 0 Å². The van der Waals surface area contributed by atoms with Crippen molar-refractivity contribution in [1.29, 1.82) is 0 Å². The standard InChI is InChI=1S/C17H16N2O4S3/c1-10(2)25-15-14(13-4-3-9-24-13)16(20)19(17(15)21)11-5-7-12(8-6-11)26(18,22)23/h3-10H,1-2H3,(H2,18,22,23). The Morgan fingerprint density at radius 2 is 1.73 bits per heavy atom. The fraction of sp³-hybridized carbons (Fsp3) is 0.176. The van der Waals surface area contributed by atoms with Gasteiger partial charge in [0.05, 0.1) is 21.1 Å². The van der Waals surface area contributed by atoms with Crippen molar-refractivity contribution in [1.82, 2.24) is 0 Å². The van der Waals surface area contributed by atoms with Crippen molar-refractivity contribution < 1.29 is 18.0 Å². The van der Waals surface area contributed by atoms with Gasteiger partial charge in [-0.2, -0.15) is 0 Å². The molecule has 6 nitrogen and oxygen atoms in total. The van der Waals surface area contributed by atoms with E-state index in [1.807, 2.05) is 25.3 Å². The molecule has 1 aromatic carbocycles. The zero-order chi connectivity index (χ0) is 19.1. The van der Waals surface area contributed by atoms with Gasteiger partial charge in [0.1, 0.15) is 0 Å². The van der Waals surface area contributed by atoms with Crippen LogP contribution in [0.4, 0.5) is 5.69 Å². The van der Waals surface area contributed by atoms with Crippen LogP contribution in [0.25, 0.3) is 5.57 Å². The number of amides is 2. The molecule has 0 bridgehead atoms. The highest BCUT2D eigenvalue weighted by atomic mass is 32.2. The number of anilines is 1. The van der Waals surface area contributed by atoms with Crippen molar-refractivity contribution in [3.05, 3.63) is 51.6 Å². The first kappa shape index (κ1) is 18.8. The summed E-state index contributed by atoms with van der Waals surface area (Å²) in [6, 6.07) is 9.01. The number of hydrogen-bond donors (Lipinski definition) is 1. The summed E-state index contributed by atoms with van der Waals surface area (Å²) in [6.45, 7) is 3.90. The molecule has 0 atom stereocenters. The van der Waals surface area contributed by atoms with Crippen molar-refractivity contribution in [3.8, 4) is 0 Å². The molecule has 2 heterocycles. The van der Waals surface area contributed by atoms with E-state index in [2.05, 4.69) is 0 Å². The maximum Gasteiger partial charge on any atom is 0.272 e. The molecule has 136 valence electrons. The summed E-state index contributed by atoms with van der Waals surface area (Å²) in [5.74, 6) is -0.815. The molecule has 0 saturated heterocycles. The van der Waals surface area contributed by atoms with Gasteiger partial charge in [0.25, 0.3) is 11.8 Å². The van der Waals surface area contributed by atoms with Crippen LogP contribution < -0.4 is 10.0 Å². The Bertz CT molecular complexity index is 991. The van der Waals surface area contributed by atoms with E-state index < -0.39 is 21.8 Å². The smallest absolute Gasteiger partial charge is 0.268 e. The molecule has 0 radical (unpaired) electrons. The lowest BCUT2D eigenvalue weighted by molar-refractivity contribution is -0.119. The first-order chi connectivity index (χ1) is 12.2. The second-order valence-electron chi connectivity index (χ2n) is 5.83. The molecule has 0 fully saturated rings. The predicted molar refractivity (Wildman–Crippen MR) is 104 cm³/mol. The summed E-state index contributed by atoms with van der Waals surface area (Å²) < 4.78 is 22.8. The molecule has 2 amide bonds. The zero-order valence-corrected chi connectivity index (χ0v) is 16.5. The van der Waals surface area contributed by atoms with Crippen LogP contribution in [0, 0.1) is 0 Å². The number of nitrogens with zero attached hydrogens (tertiary/aromatic N) is 1. The summed E-state index contributed by atoms with van der Waals surface area (Å²) >= 11 is 2.74. The molecule has 0 unspecified atom stereocenters. The Kier molecular flexibility index (Phi) is 5.07. The minimum atomic E-state index is -3.84. The van der Waals surface area contributed by atoms with Gasteiger partial charge < -0.3 is 0 Å². The molecule has 2 aromatic rings. The lowest BCUT2D eigenvalue weighted by Crippen LogP contribution is -2.31. The van der Waals surface area contributed by atoms with Crippen LogP contribution in [-0.2, 0) is 19.6 Å². The van der Waals surface area contributed by atoms with Crippen LogP contribution in [-0.4, -0.2) is 25.5 Å². The third-order valence-electron chi connectivity index (χ3n) is 3.59. The van der Waals surface area contributed by atoms with Gasteiger partial charge in [-0.15, -0.1) is 23.1 Å². The SMILES string of the molecule is CC(C)SC1=C(c2cccs2)C(=O)N(c2ccc(S(N)(=O)=O)cc2)C1=O. The van der Waals surface area contributed by atoms with Crippen molar-refractivity contribution in [2.45, 2.75) is 24.0 Å². The van der Waals surface area contributed by atoms with E-state index in [-0.39, 0.29) is 10.1 Å². The summed E-state index contributed by atoms with van der Waals surface area (Å²) in [5.41, 5.74) is 0.694. The largest absolute Gasteiger partial charge is 0.272 e. The van der Waals surface area contributed by atoms with Crippen LogP contribution in [0.3, 0.4) is 0 Å². The van der Waals surface area contributed by atoms with Gasteiger partial charge in [0, 0.05) is 10.1 Å². The van der Waals surface area contributed by atoms with E-state index in [0.717, 1.165) is 9.78 Å². The highest BCUT2D eigenvalue weighted by Gasteiger charge is 2.40. The lowest BCUT2D eigenvalue weighted by atomic mass is 10.2. The van der Waals surface area contributed by atoms with Crippen LogP contribution in [0.15, 0.2) is 51.6 Å². The van der Waals surface area contributed by atoms with Gasteiger partial charge in [-0.3, -0.25) is 9.59 Å². The fourth-order valence-electron chi connectivity index (χ4n) is 2.51. The van der Waals surface area contributed by atoms with E-state index in [0.29, 0.717) is 16.2 Å². The first-order valence-electron chi connectivity index (χ1n) is 7.66. The van der Waals surface area contributed by atoms with Gasteiger partial charge in [0.2, 0.25) is 10.0 Å². The Morgan fingerprint density at radius 1 is 1.08 bits per heavy atom. The number of benzene rings is 1. The highest BCUT2D eigenvalue weighted by molar-refractivity contribution is 8.04. The van der Waals surface area contributed by atoms with Gasteiger partial charge >= 0.3 is 0 Å². The Balaban J connectivity index is 2.04. The topological polar surface area (TPSA) is 97.5 Å². The Labute approximate surface area is 159 Å². The average molecular weight is 409 g/mol. The number of nitrogens with two attached hydrogens (primary N) is 1. The summed E-state index contributed by atoms with van der Waals surface area (Å²) in [6.07, 6.45) is 0. The number of primary sulfonamides is 1. The van der Waals surface area contributed by atoms with Crippen molar-refractivity contribution >= 4 is 56.2 Å². The van der Waals surface area contributed by atoms with E-state index in [1.165, 1.54) is 47.4 Å². The van der Waals surface area contributed by atoms with Crippen molar-refractivity contribution in [2.75, 3.05) is 4.90 Å². The van der Waals surface area contributed by atoms with Gasteiger partial charge in [-0.25, -0.2) is 18.5 Å². The van der Waals surface area contributed by atoms with Gasteiger partial charge in [-0.1, -0.05) is 19.9 Å². The Hall–Kier alpha value is -1.94. The van der Waals surface area contributed by atoms with E-state index in [1.54, 1.807) is 6.07 Å². The molecule has 9 heteroatoms. The number of thioether (sulfide) groups is 1. The number of thiophene rings is 1. The molecule has 26 heavy (non-hydrogen) atoms. The second kappa shape index (κ2) is 6.99. The highest BCUT2D eigenvalue weighted by Crippen LogP contribution is 2.41. The molecule has 0 saturated carbocycles. The number of carbonyl (C=O) groups excluding carboxylic acids is 2. The number of carbonyl (C=O) groups is 2. The molecule has 1 aliphatic heterocycles. The number of imide groups is 1. The Morgan fingerprint density at radius 3 is 2.23 bits per heavy atom. The third kappa shape index (κ3) is 3.48. The predicted octanol–water partition coefficient (Wildman–Crippen LogP) is 2.82. The second-order valence-corrected chi connectivity index (χ2v) is 9.93. The maximum atomic E-state index is 13.0. The van der Waals surface area contributed by atoms with Crippen molar-refractivity contribution in [2.24, 2.45) is 5.14 Å². The van der Waals surface area contributed by atoms with Crippen LogP contribution in [0.2, 0.25) is 0 Å². The monoisotopic (exact) mass is 408 g/mol. The summed E-state index contributed by atoms with van der Waals surface area (Å²) in [7, 11) is -3.84. The normalized spacial score (nSPS) is 15.5. The van der Waals surface area contributed by atoms with Gasteiger partial charge in [-0.05, 0) is 35.7 Å². The number of hydrogen-bond acceptors (Lipinski definition) is 6.